The van der Waals surface area contributed by atoms with Crippen LogP contribution in [-0.4, -0.2) is 28.0 Å². The van der Waals surface area contributed by atoms with Crippen molar-refractivity contribution in [3.8, 4) is 11.5 Å². The number of carbonyl (C=O) groups excluding carboxylic acids is 2. The van der Waals surface area contributed by atoms with Crippen molar-refractivity contribution in [2.24, 2.45) is 0 Å². The highest BCUT2D eigenvalue weighted by Gasteiger charge is 2.47. The molecule has 0 radical (unpaired) electrons. The number of aromatic hydroxyl groups is 1. The maximum atomic E-state index is 13.2. The number of ether oxygens (including phenoxy) is 1. The molecule has 2 aliphatic heterocycles. The predicted molar refractivity (Wildman–Crippen MR) is 125 cm³/mol. The maximum absolute atomic E-state index is 13.2. The molecule has 2 atom stereocenters. The van der Waals surface area contributed by atoms with Gasteiger partial charge >= 0.3 is 6.18 Å². The number of rotatable bonds is 3. The van der Waals surface area contributed by atoms with Crippen molar-refractivity contribution < 1.29 is 37.7 Å². The van der Waals surface area contributed by atoms with E-state index in [1.54, 1.807) is 24.3 Å². The van der Waals surface area contributed by atoms with Crippen LogP contribution in [0.1, 0.15) is 35.2 Å². The van der Waals surface area contributed by atoms with E-state index in [4.69, 9.17) is 4.74 Å². The van der Waals surface area contributed by atoms with E-state index >= 15 is 0 Å². The van der Waals surface area contributed by atoms with Crippen LogP contribution in [0.25, 0.3) is 5.76 Å². The number of carbonyl (C=O) groups is 2. The number of hydrogen-bond acceptors (Lipinski definition) is 5. The van der Waals surface area contributed by atoms with E-state index in [-0.39, 0.29) is 23.1 Å². The van der Waals surface area contributed by atoms with E-state index in [0.29, 0.717) is 23.3 Å². The number of nitrogens with zero attached hydrogens (tertiary/aromatic N) is 1. The number of Topliss-reactive ketones (excluding diaryl/α,β-unsaturated/α-hetero) is 1. The third-order valence-electron chi connectivity index (χ3n) is 6.27. The van der Waals surface area contributed by atoms with Crippen molar-refractivity contribution in [1.29, 1.82) is 0 Å². The van der Waals surface area contributed by atoms with Crippen molar-refractivity contribution in [2.45, 2.75) is 31.7 Å². The summed E-state index contributed by atoms with van der Waals surface area (Å²) in [5.41, 5.74) is 0.311. The van der Waals surface area contributed by atoms with Gasteiger partial charge in [-0.05, 0) is 72.6 Å². The molecule has 0 aliphatic carbocycles. The molecule has 5 rings (SSSR count). The molecule has 0 saturated carbocycles. The highest BCUT2D eigenvalue weighted by atomic mass is 19.4. The smallest absolute Gasteiger partial charge is 0.416 e. The Bertz CT molecular complexity index is 1410. The van der Waals surface area contributed by atoms with Crippen LogP contribution in [0, 0.1) is 0 Å². The van der Waals surface area contributed by atoms with E-state index in [1.165, 1.54) is 18.2 Å². The van der Waals surface area contributed by atoms with E-state index in [9.17, 15) is 33.0 Å². The topological polar surface area (TPSA) is 87.1 Å². The lowest BCUT2D eigenvalue weighted by atomic mass is 9.94. The van der Waals surface area contributed by atoms with Crippen LogP contribution in [0.15, 0.2) is 72.3 Å². The molecule has 2 N–H and O–H groups in total. The summed E-state index contributed by atoms with van der Waals surface area (Å²) >= 11 is 0. The minimum atomic E-state index is -4.58. The van der Waals surface area contributed by atoms with Crippen LogP contribution in [0.4, 0.5) is 18.9 Å². The highest BCUT2D eigenvalue weighted by Crippen LogP contribution is 2.44. The van der Waals surface area contributed by atoms with Gasteiger partial charge in [-0.25, -0.2) is 0 Å². The Balaban J connectivity index is 1.66. The summed E-state index contributed by atoms with van der Waals surface area (Å²) in [6.45, 7) is 1.90. The van der Waals surface area contributed by atoms with Crippen molar-refractivity contribution in [3.63, 3.8) is 0 Å². The first-order chi connectivity index (χ1) is 17.0. The minimum absolute atomic E-state index is 0.0358. The van der Waals surface area contributed by atoms with Gasteiger partial charge in [0.2, 0.25) is 0 Å². The number of amides is 1. The molecule has 184 valence electrons. The highest BCUT2D eigenvalue weighted by molar-refractivity contribution is 6.51. The SMILES string of the molecule is CC1Cc2cc(/C(O)=C3/C(=O)C(=O)N(c4ccc(C(F)(F)F)cc4)C3c3cccc(O)c3)ccc2O1. The fourth-order valence-corrected chi connectivity index (χ4v) is 4.64. The lowest BCUT2D eigenvalue weighted by Crippen LogP contribution is -2.29. The molecule has 0 aromatic heterocycles. The first-order valence-corrected chi connectivity index (χ1v) is 11.1. The molecule has 0 spiro atoms. The van der Waals surface area contributed by atoms with Gasteiger partial charge < -0.3 is 14.9 Å². The first kappa shape index (κ1) is 23.5. The first-order valence-electron chi connectivity index (χ1n) is 11.1. The fraction of sp³-hybridized carbons (Fsp3) is 0.185. The van der Waals surface area contributed by atoms with Gasteiger partial charge in [-0.1, -0.05) is 12.1 Å². The summed E-state index contributed by atoms with van der Waals surface area (Å²) in [6.07, 6.45) is -4.02. The monoisotopic (exact) mass is 495 g/mol. The molecule has 1 saturated heterocycles. The number of phenols is 1. The van der Waals surface area contributed by atoms with Gasteiger partial charge in [0, 0.05) is 17.7 Å². The van der Waals surface area contributed by atoms with Crippen molar-refractivity contribution in [1.82, 2.24) is 0 Å². The van der Waals surface area contributed by atoms with E-state index in [2.05, 4.69) is 0 Å². The lowest BCUT2D eigenvalue weighted by Gasteiger charge is -2.26. The second-order valence-corrected chi connectivity index (χ2v) is 8.76. The Kier molecular flexibility index (Phi) is 5.50. The number of anilines is 1. The van der Waals surface area contributed by atoms with Crippen LogP contribution >= 0.6 is 0 Å². The molecule has 1 amide bonds. The average molecular weight is 495 g/mol. The van der Waals surface area contributed by atoms with Gasteiger partial charge in [0.25, 0.3) is 11.7 Å². The third-order valence-corrected chi connectivity index (χ3v) is 6.27. The van der Waals surface area contributed by atoms with E-state index in [0.717, 1.165) is 34.7 Å². The summed E-state index contributed by atoms with van der Waals surface area (Å²) < 4.78 is 44.9. The molecule has 2 aliphatic rings. The van der Waals surface area contributed by atoms with Gasteiger partial charge in [0.05, 0.1) is 17.2 Å². The van der Waals surface area contributed by atoms with Gasteiger partial charge in [-0.15, -0.1) is 0 Å². The zero-order chi connectivity index (χ0) is 25.8. The molecular weight excluding hydrogens is 475 g/mol. The zero-order valence-electron chi connectivity index (χ0n) is 18.9. The van der Waals surface area contributed by atoms with E-state index in [1.807, 2.05) is 6.92 Å². The number of benzene rings is 3. The molecule has 6 nitrogen and oxygen atoms in total. The second kappa shape index (κ2) is 8.44. The van der Waals surface area contributed by atoms with Crippen LogP contribution in [0.3, 0.4) is 0 Å². The lowest BCUT2D eigenvalue weighted by molar-refractivity contribution is -0.137. The van der Waals surface area contributed by atoms with Crippen LogP contribution in [0.2, 0.25) is 0 Å². The molecule has 36 heavy (non-hydrogen) atoms. The summed E-state index contributed by atoms with van der Waals surface area (Å²) in [7, 11) is 0. The van der Waals surface area contributed by atoms with Gasteiger partial charge in [0.15, 0.2) is 0 Å². The van der Waals surface area contributed by atoms with Gasteiger partial charge in [-0.2, -0.15) is 13.2 Å². The molecule has 0 bridgehead atoms. The van der Waals surface area contributed by atoms with E-state index < -0.39 is 35.2 Å². The Hall–Kier alpha value is -4.27. The largest absolute Gasteiger partial charge is 0.508 e. The second-order valence-electron chi connectivity index (χ2n) is 8.76. The summed E-state index contributed by atoms with van der Waals surface area (Å²) in [5, 5.41) is 21.3. The number of ketones is 1. The normalized spacial score (nSPS) is 20.9. The van der Waals surface area contributed by atoms with Crippen molar-refractivity contribution in [2.75, 3.05) is 4.90 Å². The molecule has 9 heteroatoms. The number of aliphatic hydroxyl groups excluding tert-OH is 1. The van der Waals surface area contributed by atoms with Gasteiger partial charge in [-0.3, -0.25) is 14.5 Å². The Labute approximate surface area is 203 Å². The number of phenolic OH excluding ortho intramolecular Hbond substituents is 1. The summed E-state index contributed by atoms with van der Waals surface area (Å²) in [4.78, 5) is 27.4. The standard InChI is InChI=1S/C27H20F3NO5/c1-14-11-17-12-16(5-10-21(17)36-14)24(33)22-23(15-3-2-4-20(32)13-15)31(26(35)25(22)34)19-8-6-18(7-9-19)27(28,29)30/h2-10,12-14,23,32-33H,11H2,1H3/b24-22-. The minimum Gasteiger partial charge on any atom is -0.508 e. The third kappa shape index (κ3) is 3.96. The molecular formula is C27H20F3NO5. The number of halogens is 3. The van der Waals surface area contributed by atoms with Gasteiger partial charge in [0.1, 0.15) is 23.4 Å². The fourth-order valence-electron chi connectivity index (χ4n) is 4.64. The molecule has 3 aromatic rings. The Morgan fingerprint density at radius 3 is 2.42 bits per heavy atom. The number of aliphatic hydroxyl groups is 1. The summed E-state index contributed by atoms with van der Waals surface area (Å²) in [6, 6.07) is 13.3. The number of hydrogen-bond donors (Lipinski definition) is 2. The predicted octanol–water partition coefficient (Wildman–Crippen LogP) is 5.36. The molecule has 2 unspecified atom stereocenters. The van der Waals surface area contributed by atoms with Crippen LogP contribution in [0.5, 0.6) is 11.5 Å². The van der Waals surface area contributed by atoms with Crippen LogP contribution in [-0.2, 0) is 22.2 Å². The quantitative estimate of drug-likeness (QED) is 0.290. The molecule has 1 fully saturated rings. The maximum Gasteiger partial charge on any atom is 0.416 e. The Morgan fingerprint density at radius 2 is 1.75 bits per heavy atom. The summed E-state index contributed by atoms with van der Waals surface area (Å²) in [5.74, 6) is -1.92. The Morgan fingerprint density at radius 1 is 1.03 bits per heavy atom. The zero-order valence-corrected chi connectivity index (χ0v) is 18.9. The number of alkyl halides is 3. The van der Waals surface area contributed by atoms with Crippen molar-refractivity contribution in [3.05, 3.63) is 94.6 Å². The molecule has 2 heterocycles. The van der Waals surface area contributed by atoms with Crippen LogP contribution < -0.4 is 9.64 Å². The van der Waals surface area contributed by atoms with Crippen molar-refractivity contribution >= 4 is 23.1 Å². The number of fused-ring (bicyclic) bond motifs is 1. The molecule has 3 aromatic carbocycles. The average Bonchev–Trinajstić information content (AvgIpc) is 3.33.